The Hall–Kier alpha value is -1.55. The number of phenols is 1. The van der Waals surface area contributed by atoms with Gasteiger partial charge in [0.1, 0.15) is 5.75 Å². The molecule has 0 bridgehead atoms. The highest BCUT2D eigenvalue weighted by Crippen LogP contribution is 2.31. The van der Waals surface area contributed by atoms with Gasteiger partial charge in [0.15, 0.2) is 0 Å². The maximum atomic E-state index is 12.3. The molecule has 0 radical (unpaired) electrons. The number of aryl methyl sites for hydroxylation is 1. The summed E-state index contributed by atoms with van der Waals surface area (Å²) in [7, 11) is 0. The summed E-state index contributed by atoms with van der Waals surface area (Å²) >= 11 is 0. The standard InChI is InChI=1S/C17H25NO3/c1-4-17(5-2)11-14(8-9-21-17)18-16(20)13-7-6-12(3)15(19)10-13/h6-7,10,14,19H,4-5,8-9,11H2,1-3H3,(H,18,20). The smallest absolute Gasteiger partial charge is 0.251 e. The summed E-state index contributed by atoms with van der Waals surface area (Å²) in [5, 5.41) is 12.8. The van der Waals surface area contributed by atoms with Crippen LogP contribution in [-0.4, -0.2) is 29.3 Å². The fourth-order valence-electron chi connectivity index (χ4n) is 2.91. The maximum absolute atomic E-state index is 12.3. The molecule has 1 aliphatic rings. The van der Waals surface area contributed by atoms with Crippen molar-refractivity contribution < 1.29 is 14.6 Å². The summed E-state index contributed by atoms with van der Waals surface area (Å²) in [5.74, 6) is 0.0318. The van der Waals surface area contributed by atoms with Gasteiger partial charge < -0.3 is 15.2 Å². The van der Waals surface area contributed by atoms with Crippen LogP contribution in [0.3, 0.4) is 0 Å². The lowest BCUT2D eigenvalue weighted by molar-refractivity contribution is -0.0917. The summed E-state index contributed by atoms with van der Waals surface area (Å²) in [6.45, 7) is 6.76. The van der Waals surface area contributed by atoms with E-state index in [0.717, 1.165) is 31.2 Å². The molecule has 1 unspecified atom stereocenters. The third-order valence-corrected chi connectivity index (χ3v) is 4.59. The van der Waals surface area contributed by atoms with E-state index in [1.165, 1.54) is 6.07 Å². The molecule has 0 saturated carbocycles. The lowest BCUT2D eigenvalue weighted by Crippen LogP contribution is -2.48. The minimum absolute atomic E-state index is 0.106. The largest absolute Gasteiger partial charge is 0.508 e. The molecule has 1 aromatic rings. The predicted molar refractivity (Wildman–Crippen MR) is 82.6 cm³/mol. The topological polar surface area (TPSA) is 58.6 Å². The van der Waals surface area contributed by atoms with E-state index >= 15 is 0 Å². The zero-order valence-electron chi connectivity index (χ0n) is 13.1. The van der Waals surface area contributed by atoms with Crippen LogP contribution in [0.15, 0.2) is 18.2 Å². The zero-order chi connectivity index (χ0) is 15.5. The molecule has 1 aliphatic heterocycles. The molecule has 1 heterocycles. The molecule has 116 valence electrons. The van der Waals surface area contributed by atoms with E-state index in [-0.39, 0.29) is 23.3 Å². The molecule has 2 N–H and O–H groups in total. The number of carbonyl (C=O) groups is 1. The Bertz CT molecular complexity index is 509. The first-order chi connectivity index (χ1) is 9.99. The van der Waals surface area contributed by atoms with Crippen LogP contribution in [0.1, 0.15) is 55.5 Å². The van der Waals surface area contributed by atoms with Crippen LogP contribution in [0.2, 0.25) is 0 Å². The van der Waals surface area contributed by atoms with Gasteiger partial charge in [-0.25, -0.2) is 0 Å². The maximum Gasteiger partial charge on any atom is 0.251 e. The summed E-state index contributed by atoms with van der Waals surface area (Å²) < 4.78 is 5.92. The van der Waals surface area contributed by atoms with Gasteiger partial charge in [0, 0.05) is 18.2 Å². The molecule has 1 fully saturated rings. The minimum atomic E-state index is -0.127. The van der Waals surface area contributed by atoms with Crippen LogP contribution in [-0.2, 0) is 4.74 Å². The highest BCUT2D eigenvalue weighted by Gasteiger charge is 2.35. The Morgan fingerprint density at radius 2 is 2.14 bits per heavy atom. The minimum Gasteiger partial charge on any atom is -0.508 e. The number of hydrogen-bond donors (Lipinski definition) is 2. The number of nitrogens with one attached hydrogen (secondary N) is 1. The monoisotopic (exact) mass is 291 g/mol. The van der Waals surface area contributed by atoms with E-state index < -0.39 is 0 Å². The Balaban J connectivity index is 2.03. The fraction of sp³-hybridized carbons (Fsp3) is 0.588. The highest BCUT2D eigenvalue weighted by atomic mass is 16.5. The Kier molecular flexibility index (Phi) is 4.88. The summed E-state index contributed by atoms with van der Waals surface area (Å²) in [6.07, 6.45) is 3.61. The second kappa shape index (κ2) is 6.48. The van der Waals surface area contributed by atoms with Crippen molar-refractivity contribution in [1.82, 2.24) is 5.32 Å². The quantitative estimate of drug-likeness (QED) is 0.896. The van der Waals surface area contributed by atoms with Crippen LogP contribution < -0.4 is 5.32 Å². The zero-order valence-corrected chi connectivity index (χ0v) is 13.1. The SMILES string of the molecule is CCC1(CC)CC(NC(=O)c2ccc(C)c(O)c2)CCO1. The van der Waals surface area contributed by atoms with E-state index in [9.17, 15) is 9.90 Å². The van der Waals surface area contributed by atoms with Gasteiger partial charge in [0.2, 0.25) is 0 Å². The summed E-state index contributed by atoms with van der Waals surface area (Å²) in [5.41, 5.74) is 1.17. The number of amides is 1. The molecular weight excluding hydrogens is 266 g/mol. The summed E-state index contributed by atoms with van der Waals surface area (Å²) in [6, 6.07) is 5.17. The Labute approximate surface area is 126 Å². The molecular formula is C17H25NO3. The number of ether oxygens (including phenoxy) is 1. The van der Waals surface area contributed by atoms with Gasteiger partial charge in [-0.2, -0.15) is 0 Å². The van der Waals surface area contributed by atoms with Crippen molar-refractivity contribution in [3.8, 4) is 5.75 Å². The Morgan fingerprint density at radius 3 is 2.76 bits per heavy atom. The lowest BCUT2D eigenvalue weighted by atomic mass is 9.86. The van der Waals surface area contributed by atoms with Crippen LogP contribution in [0, 0.1) is 6.92 Å². The number of phenolic OH excluding ortho intramolecular Hbond substituents is 1. The normalized spacial score (nSPS) is 21.0. The molecule has 1 saturated heterocycles. The molecule has 1 atom stereocenters. The molecule has 1 aromatic carbocycles. The van der Waals surface area contributed by atoms with Gasteiger partial charge in [-0.15, -0.1) is 0 Å². The van der Waals surface area contributed by atoms with Crippen LogP contribution in [0.25, 0.3) is 0 Å². The van der Waals surface area contributed by atoms with Crippen molar-refractivity contribution in [2.24, 2.45) is 0 Å². The Morgan fingerprint density at radius 1 is 1.43 bits per heavy atom. The van der Waals surface area contributed by atoms with E-state index in [4.69, 9.17) is 4.74 Å². The molecule has 1 amide bonds. The number of benzene rings is 1. The van der Waals surface area contributed by atoms with Gasteiger partial charge in [-0.1, -0.05) is 19.9 Å². The van der Waals surface area contributed by atoms with Gasteiger partial charge in [0.05, 0.1) is 5.60 Å². The fourth-order valence-corrected chi connectivity index (χ4v) is 2.91. The van der Waals surface area contributed by atoms with E-state index in [1.54, 1.807) is 12.1 Å². The summed E-state index contributed by atoms with van der Waals surface area (Å²) in [4.78, 5) is 12.3. The van der Waals surface area contributed by atoms with Gasteiger partial charge in [0.25, 0.3) is 5.91 Å². The first kappa shape index (κ1) is 15.8. The molecule has 2 rings (SSSR count). The lowest BCUT2D eigenvalue weighted by Gasteiger charge is -2.40. The number of hydrogen-bond acceptors (Lipinski definition) is 3. The first-order valence-electron chi connectivity index (χ1n) is 7.74. The predicted octanol–water partition coefficient (Wildman–Crippen LogP) is 3.17. The third kappa shape index (κ3) is 3.56. The van der Waals surface area contributed by atoms with Crippen LogP contribution in [0.4, 0.5) is 0 Å². The number of carbonyl (C=O) groups excluding carboxylic acids is 1. The van der Waals surface area contributed by atoms with Crippen molar-refractivity contribution in [3.63, 3.8) is 0 Å². The first-order valence-corrected chi connectivity index (χ1v) is 7.74. The average molecular weight is 291 g/mol. The van der Waals surface area contributed by atoms with Crippen LogP contribution in [0.5, 0.6) is 5.75 Å². The molecule has 0 aromatic heterocycles. The molecule has 0 aliphatic carbocycles. The van der Waals surface area contributed by atoms with E-state index in [2.05, 4.69) is 19.2 Å². The van der Waals surface area contributed by atoms with E-state index in [1.807, 2.05) is 6.92 Å². The van der Waals surface area contributed by atoms with Crippen molar-refractivity contribution in [3.05, 3.63) is 29.3 Å². The highest BCUT2D eigenvalue weighted by molar-refractivity contribution is 5.94. The number of aromatic hydroxyl groups is 1. The molecule has 21 heavy (non-hydrogen) atoms. The van der Waals surface area contributed by atoms with Gasteiger partial charge in [-0.05, 0) is 50.3 Å². The van der Waals surface area contributed by atoms with Crippen molar-refractivity contribution >= 4 is 5.91 Å². The van der Waals surface area contributed by atoms with Gasteiger partial charge >= 0.3 is 0 Å². The van der Waals surface area contributed by atoms with Gasteiger partial charge in [-0.3, -0.25) is 4.79 Å². The molecule has 0 spiro atoms. The molecule has 4 heteroatoms. The molecule has 4 nitrogen and oxygen atoms in total. The number of rotatable bonds is 4. The average Bonchev–Trinajstić information content (AvgIpc) is 2.50. The van der Waals surface area contributed by atoms with Crippen molar-refractivity contribution in [2.75, 3.05) is 6.61 Å². The van der Waals surface area contributed by atoms with E-state index in [0.29, 0.717) is 12.2 Å². The second-order valence-corrected chi connectivity index (χ2v) is 5.90. The van der Waals surface area contributed by atoms with Crippen molar-refractivity contribution in [1.29, 1.82) is 0 Å². The van der Waals surface area contributed by atoms with Crippen LogP contribution >= 0.6 is 0 Å². The second-order valence-electron chi connectivity index (χ2n) is 5.90. The third-order valence-electron chi connectivity index (χ3n) is 4.59. The van der Waals surface area contributed by atoms with Crippen molar-refractivity contribution in [2.45, 2.75) is 58.1 Å².